The van der Waals surface area contributed by atoms with Crippen molar-refractivity contribution in [1.29, 1.82) is 0 Å². The number of aromatic nitrogens is 4. The van der Waals surface area contributed by atoms with Crippen molar-refractivity contribution < 1.29 is 4.74 Å². The monoisotopic (exact) mass is 500 g/mol. The third-order valence-electron chi connectivity index (χ3n) is 6.38. The molecule has 0 unspecified atom stereocenters. The number of hydrogen-bond acceptors (Lipinski definition) is 5. The van der Waals surface area contributed by atoms with E-state index in [-0.39, 0.29) is 5.92 Å². The molecule has 5 nitrogen and oxygen atoms in total. The van der Waals surface area contributed by atoms with Crippen LogP contribution in [0.25, 0.3) is 22.8 Å². The Balaban J connectivity index is 1.36. The van der Waals surface area contributed by atoms with E-state index in [1.165, 1.54) is 5.56 Å². The number of rotatable bonds is 10. The van der Waals surface area contributed by atoms with Crippen LogP contribution >= 0.6 is 0 Å². The number of aryl methyl sites for hydroxylation is 2. The summed E-state index contributed by atoms with van der Waals surface area (Å²) in [5.74, 6) is 0.208. The number of hydrogen-bond donors (Lipinski definition) is 0. The van der Waals surface area contributed by atoms with E-state index in [0.717, 1.165) is 58.4 Å². The smallest absolute Gasteiger partial charge is 0.0889 e. The van der Waals surface area contributed by atoms with Crippen LogP contribution in [0.4, 0.5) is 0 Å². The summed E-state index contributed by atoms with van der Waals surface area (Å²) < 4.78 is 6.21. The molecule has 4 aromatic heterocycles. The summed E-state index contributed by atoms with van der Waals surface area (Å²) in [5.41, 5.74) is 8.75. The minimum atomic E-state index is 0.208. The molecular weight excluding hydrogens is 468 g/mol. The van der Waals surface area contributed by atoms with Crippen LogP contribution in [0.2, 0.25) is 0 Å². The van der Waals surface area contributed by atoms with Gasteiger partial charge in [0.2, 0.25) is 0 Å². The average Bonchev–Trinajstić information content (AvgIpc) is 2.94. The molecule has 0 aliphatic carbocycles. The number of benzene rings is 1. The summed E-state index contributed by atoms with van der Waals surface area (Å²) in [6.07, 6.45) is 1.56. The van der Waals surface area contributed by atoms with Crippen molar-refractivity contribution >= 4 is 0 Å². The third-order valence-corrected chi connectivity index (χ3v) is 6.38. The maximum atomic E-state index is 6.21. The van der Waals surface area contributed by atoms with Crippen molar-refractivity contribution in [1.82, 2.24) is 19.9 Å². The highest BCUT2D eigenvalue weighted by molar-refractivity contribution is 5.55. The zero-order valence-electron chi connectivity index (χ0n) is 21.9. The summed E-state index contributed by atoms with van der Waals surface area (Å²) >= 11 is 0. The summed E-state index contributed by atoms with van der Waals surface area (Å²) in [5, 5.41) is 0. The SMILES string of the molecule is Cc1cccc(-c2cccc(CC(COCc3ccccc3)Cc3cccc(-c4cccc(C)n4)n3)n2)n1. The van der Waals surface area contributed by atoms with Gasteiger partial charge in [0.25, 0.3) is 0 Å². The standard InChI is InChI=1S/C33H32N4O/c1-24-10-6-16-30(34-24)32-18-8-14-28(36-32)20-27(23-38-22-26-12-4-3-5-13-26)21-29-15-9-19-33(37-29)31-17-7-11-25(2)35-31/h3-19,27H,20-23H2,1-2H3. The summed E-state index contributed by atoms with van der Waals surface area (Å²) in [6.45, 7) is 5.19. The lowest BCUT2D eigenvalue weighted by atomic mass is 9.97. The van der Waals surface area contributed by atoms with Crippen LogP contribution < -0.4 is 0 Å². The molecule has 5 aromatic rings. The van der Waals surface area contributed by atoms with Crippen LogP contribution in [0.1, 0.15) is 28.3 Å². The zero-order valence-corrected chi connectivity index (χ0v) is 21.9. The van der Waals surface area contributed by atoms with Gasteiger partial charge in [0.15, 0.2) is 0 Å². The molecule has 190 valence electrons. The topological polar surface area (TPSA) is 60.8 Å². The van der Waals surface area contributed by atoms with Gasteiger partial charge in [0.05, 0.1) is 36.0 Å². The predicted octanol–water partition coefficient (Wildman–Crippen LogP) is 6.84. The second kappa shape index (κ2) is 12.3. The molecule has 0 radical (unpaired) electrons. The van der Waals surface area contributed by atoms with Gasteiger partial charge in [-0.15, -0.1) is 0 Å². The summed E-state index contributed by atoms with van der Waals surface area (Å²) in [7, 11) is 0. The fourth-order valence-corrected chi connectivity index (χ4v) is 4.54. The molecule has 5 rings (SSSR count). The van der Waals surface area contributed by atoms with Gasteiger partial charge in [-0.2, -0.15) is 0 Å². The fraction of sp³-hybridized carbons (Fsp3) is 0.212. The Morgan fingerprint density at radius 2 is 1.00 bits per heavy atom. The largest absolute Gasteiger partial charge is 0.376 e. The lowest BCUT2D eigenvalue weighted by Crippen LogP contribution is -2.17. The van der Waals surface area contributed by atoms with E-state index in [2.05, 4.69) is 46.4 Å². The van der Waals surface area contributed by atoms with Crippen molar-refractivity contribution in [3.63, 3.8) is 0 Å². The first-order valence-electron chi connectivity index (χ1n) is 13.0. The van der Waals surface area contributed by atoms with Crippen molar-refractivity contribution in [2.75, 3.05) is 6.61 Å². The Labute approximate surface area is 224 Å². The number of nitrogens with zero attached hydrogens (tertiary/aromatic N) is 4. The Morgan fingerprint density at radius 1 is 0.526 bits per heavy atom. The van der Waals surface area contributed by atoms with E-state index < -0.39 is 0 Å². The normalized spacial score (nSPS) is 11.1. The molecule has 0 atom stereocenters. The molecule has 1 aromatic carbocycles. The molecular formula is C33H32N4O. The fourth-order valence-electron chi connectivity index (χ4n) is 4.54. The molecule has 0 aliphatic heterocycles. The van der Waals surface area contributed by atoms with Crippen molar-refractivity contribution in [2.45, 2.75) is 33.3 Å². The maximum Gasteiger partial charge on any atom is 0.0889 e. The highest BCUT2D eigenvalue weighted by Crippen LogP contribution is 2.21. The Bertz CT molecular complexity index is 1390. The van der Waals surface area contributed by atoms with Crippen LogP contribution in [-0.4, -0.2) is 26.5 Å². The quantitative estimate of drug-likeness (QED) is 0.210. The van der Waals surface area contributed by atoms with Crippen LogP contribution in [0.15, 0.2) is 103 Å². The molecule has 0 bridgehead atoms. The average molecular weight is 501 g/mol. The van der Waals surface area contributed by atoms with E-state index in [1.807, 2.05) is 80.6 Å². The molecule has 0 aliphatic rings. The number of ether oxygens (including phenoxy) is 1. The maximum absolute atomic E-state index is 6.21. The van der Waals surface area contributed by atoms with Crippen molar-refractivity contribution in [2.24, 2.45) is 5.92 Å². The Hall–Kier alpha value is -4.22. The zero-order chi connectivity index (χ0) is 26.2. The first-order valence-corrected chi connectivity index (χ1v) is 13.0. The second-order valence-electron chi connectivity index (χ2n) is 9.63. The van der Waals surface area contributed by atoms with Crippen molar-refractivity contribution in [3.05, 3.63) is 131 Å². The minimum absolute atomic E-state index is 0.208. The van der Waals surface area contributed by atoms with Crippen molar-refractivity contribution in [3.8, 4) is 22.8 Å². The molecule has 4 heterocycles. The van der Waals surface area contributed by atoms with Gasteiger partial charge in [-0.25, -0.2) is 0 Å². The molecule has 0 N–H and O–H groups in total. The molecule has 5 heteroatoms. The van der Waals surface area contributed by atoms with Gasteiger partial charge >= 0.3 is 0 Å². The van der Waals surface area contributed by atoms with Crippen LogP contribution in [0.3, 0.4) is 0 Å². The van der Waals surface area contributed by atoms with E-state index in [0.29, 0.717) is 13.2 Å². The van der Waals surface area contributed by atoms with Gasteiger partial charge in [-0.05, 0) is 86.7 Å². The molecule has 0 spiro atoms. The molecule has 0 amide bonds. The first-order chi connectivity index (χ1) is 18.6. The predicted molar refractivity (Wildman–Crippen MR) is 151 cm³/mol. The molecule has 38 heavy (non-hydrogen) atoms. The van der Waals surface area contributed by atoms with E-state index in [9.17, 15) is 0 Å². The molecule has 0 saturated heterocycles. The van der Waals surface area contributed by atoms with Crippen LogP contribution in [0, 0.1) is 19.8 Å². The lowest BCUT2D eigenvalue weighted by Gasteiger charge is -2.18. The number of pyridine rings is 4. The lowest BCUT2D eigenvalue weighted by molar-refractivity contribution is 0.0862. The van der Waals surface area contributed by atoms with E-state index >= 15 is 0 Å². The second-order valence-corrected chi connectivity index (χ2v) is 9.63. The van der Waals surface area contributed by atoms with Gasteiger partial charge in [0.1, 0.15) is 0 Å². The van der Waals surface area contributed by atoms with E-state index in [1.54, 1.807) is 0 Å². The van der Waals surface area contributed by atoms with Gasteiger partial charge in [0, 0.05) is 22.8 Å². The summed E-state index contributed by atoms with van der Waals surface area (Å²) in [6, 6.07) is 34.7. The third kappa shape index (κ3) is 6.96. The van der Waals surface area contributed by atoms with Gasteiger partial charge < -0.3 is 4.74 Å². The van der Waals surface area contributed by atoms with Crippen LogP contribution in [-0.2, 0) is 24.2 Å². The van der Waals surface area contributed by atoms with Gasteiger partial charge in [-0.3, -0.25) is 19.9 Å². The Morgan fingerprint density at radius 3 is 1.50 bits per heavy atom. The molecule has 0 fully saturated rings. The Kier molecular flexibility index (Phi) is 8.26. The van der Waals surface area contributed by atoms with Gasteiger partial charge in [-0.1, -0.05) is 54.6 Å². The minimum Gasteiger partial charge on any atom is -0.376 e. The van der Waals surface area contributed by atoms with Crippen LogP contribution in [0.5, 0.6) is 0 Å². The summed E-state index contributed by atoms with van der Waals surface area (Å²) in [4.78, 5) is 19.2. The first kappa shape index (κ1) is 25.4. The molecule has 0 saturated carbocycles. The highest BCUT2D eigenvalue weighted by Gasteiger charge is 2.15. The van der Waals surface area contributed by atoms with E-state index in [4.69, 9.17) is 14.7 Å². The highest BCUT2D eigenvalue weighted by atomic mass is 16.5.